The average Bonchev–Trinajstić information content (AvgIpc) is 2.98. The zero-order valence-electron chi connectivity index (χ0n) is 25.3. The van der Waals surface area contributed by atoms with Crippen molar-refractivity contribution in [2.45, 2.75) is 49.8 Å². The van der Waals surface area contributed by atoms with Gasteiger partial charge in [-0.15, -0.1) is 0 Å². The van der Waals surface area contributed by atoms with Crippen LogP contribution in [0.3, 0.4) is 0 Å². The van der Waals surface area contributed by atoms with Crippen LogP contribution in [0.2, 0.25) is 0 Å². The van der Waals surface area contributed by atoms with E-state index >= 15 is 0 Å². The number of hydrogen-bond donors (Lipinski definition) is 3. The van der Waals surface area contributed by atoms with Gasteiger partial charge in [-0.25, -0.2) is 0 Å². The van der Waals surface area contributed by atoms with Gasteiger partial charge in [-0.2, -0.15) is 16.8 Å². The van der Waals surface area contributed by atoms with Gasteiger partial charge in [0.15, 0.2) is 21.1 Å². The van der Waals surface area contributed by atoms with E-state index in [0.29, 0.717) is 24.8 Å². The van der Waals surface area contributed by atoms with Crippen LogP contribution in [0.5, 0.6) is 0 Å². The summed E-state index contributed by atoms with van der Waals surface area (Å²) in [5.41, 5.74) is 0.477. The third kappa shape index (κ3) is 6.93. The quantitative estimate of drug-likeness (QED) is 0.140. The van der Waals surface area contributed by atoms with Gasteiger partial charge in [0.25, 0.3) is 26.1 Å². The molecule has 2 aromatic rings. The highest BCUT2D eigenvalue weighted by Crippen LogP contribution is 2.46. The molecule has 1 heterocycles. The Morgan fingerprint density at radius 2 is 1.60 bits per heavy atom. The molecular formula is C31H35N3O9S2. The van der Waals surface area contributed by atoms with Crippen LogP contribution in [0.1, 0.15) is 50.4 Å². The molecule has 0 aromatic heterocycles. The van der Waals surface area contributed by atoms with Crippen LogP contribution < -0.4 is 10.7 Å². The molecule has 12 nitrogen and oxygen atoms in total. The first-order chi connectivity index (χ1) is 21.2. The normalized spacial score (nSPS) is 12.5. The van der Waals surface area contributed by atoms with E-state index in [1.165, 1.54) is 23.1 Å². The minimum Gasteiger partial charge on any atom is -0.453 e. The molecule has 240 valence electrons. The molecule has 0 fully saturated rings. The van der Waals surface area contributed by atoms with E-state index in [1.54, 1.807) is 58.2 Å². The van der Waals surface area contributed by atoms with Crippen molar-refractivity contribution in [3.63, 3.8) is 0 Å². The zero-order valence-corrected chi connectivity index (χ0v) is 27.0. The monoisotopic (exact) mass is 657 g/mol. The molecule has 14 heteroatoms. The molecule has 3 N–H and O–H groups in total. The highest BCUT2D eigenvalue weighted by atomic mass is 32.2. The SMILES string of the molecule is CCN=c1ccc2c(-c3ccccc3C(=O)N(C)CCCC(=O)CC)c3ccc(NCC)c(S(=O)(=O)O)c3oc-2c1S(=O)(=O)O. The Labute approximate surface area is 261 Å². The van der Waals surface area contributed by atoms with Crippen LogP contribution in [-0.2, 0) is 25.0 Å². The molecule has 2 aliphatic rings. The largest absolute Gasteiger partial charge is 0.453 e. The maximum absolute atomic E-state index is 13.8. The molecule has 2 aromatic carbocycles. The van der Waals surface area contributed by atoms with Crippen LogP contribution >= 0.6 is 0 Å². The van der Waals surface area contributed by atoms with Crippen molar-refractivity contribution in [1.29, 1.82) is 0 Å². The lowest BCUT2D eigenvalue weighted by molar-refractivity contribution is -0.118. The molecule has 0 unspecified atom stereocenters. The second-order valence-electron chi connectivity index (χ2n) is 10.3. The maximum Gasteiger partial charge on any atom is 0.300 e. The average molecular weight is 658 g/mol. The van der Waals surface area contributed by atoms with E-state index in [9.17, 15) is 35.5 Å². The second-order valence-corrected chi connectivity index (χ2v) is 13.0. The van der Waals surface area contributed by atoms with Gasteiger partial charge in [0, 0.05) is 61.6 Å². The van der Waals surface area contributed by atoms with Crippen LogP contribution in [0.25, 0.3) is 33.4 Å². The Balaban J connectivity index is 2.15. The Morgan fingerprint density at radius 3 is 2.22 bits per heavy atom. The van der Waals surface area contributed by atoms with Crippen molar-refractivity contribution >= 4 is 48.6 Å². The number of rotatable bonds is 12. The molecule has 0 saturated heterocycles. The predicted octanol–water partition coefficient (Wildman–Crippen LogP) is 4.88. The highest BCUT2D eigenvalue weighted by Gasteiger charge is 2.32. The number of nitrogens with one attached hydrogen (secondary N) is 1. The fourth-order valence-electron chi connectivity index (χ4n) is 5.26. The van der Waals surface area contributed by atoms with E-state index in [4.69, 9.17) is 4.42 Å². The van der Waals surface area contributed by atoms with Crippen LogP contribution in [0.4, 0.5) is 5.69 Å². The fraction of sp³-hybridized carbons (Fsp3) is 0.323. The van der Waals surface area contributed by atoms with Gasteiger partial charge in [0.2, 0.25) is 0 Å². The number of ketones is 1. The van der Waals surface area contributed by atoms with Gasteiger partial charge in [-0.3, -0.25) is 23.7 Å². The summed E-state index contributed by atoms with van der Waals surface area (Å²) in [6.45, 7) is 5.87. The number of fused-ring (bicyclic) bond motifs is 2. The summed E-state index contributed by atoms with van der Waals surface area (Å²) < 4.78 is 77.9. The number of hydrogen-bond acceptors (Lipinski definition) is 9. The minimum absolute atomic E-state index is 0.00456. The topological polar surface area (TPSA) is 184 Å². The standard InChI is InChI=1S/C31H35N3O9S2/c1-5-19(35)11-10-18-34(4)31(36)21-13-9-8-12-20(21)26-22-14-16-24(32-6-2)29(44(37,38)39)27(22)43-28-23(26)15-17-25(33-7-3)30(28)45(40,41)42/h8-9,12-17,32H,5-7,10-11,18H2,1-4H3,(H,37,38,39)(H,40,41,42). The van der Waals surface area contributed by atoms with E-state index in [1.807, 2.05) is 0 Å². The summed E-state index contributed by atoms with van der Waals surface area (Å²) in [4.78, 5) is 29.9. The number of nitrogens with zero attached hydrogens (tertiary/aromatic N) is 2. The summed E-state index contributed by atoms with van der Waals surface area (Å²) in [5, 5.41) is 2.89. The molecule has 45 heavy (non-hydrogen) atoms. The molecule has 0 atom stereocenters. The molecule has 0 bridgehead atoms. The molecule has 1 aliphatic carbocycles. The number of carbonyl (C=O) groups is 2. The summed E-state index contributed by atoms with van der Waals surface area (Å²) in [7, 11) is -8.37. The van der Waals surface area contributed by atoms with Gasteiger partial charge < -0.3 is 14.6 Å². The fourth-order valence-corrected chi connectivity index (χ4v) is 6.85. The Hall–Kier alpha value is -4.11. The molecule has 0 radical (unpaired) electrons. The zero-order chi connectivity index (χ0) is 33.1. The third-order valence-electron chi connectivity index (χ3n) is 7.27. The molecule has 1 aliphatic heterocycles. The first-order valence-electron chi connectivity index (χ1n) is 14.4. The molecule has 1 amide bonds. The van der Waals surface area contributed by atoms with Crippen LogP contribution in [-0.4, -0.2) is 69.2 Å². The number of amides is 1. The summed E-state index contributed by atoms with van der Waals surface area (Å²) in [5.74, 6) is -0.733. The second kappa shape index (κ2) is 13.5. The summed E-state index contributed by atoms with van der Waals surface area (Å²) in [6, 6.07) is 12.4. The van der Waals surface area contributed by atoms with Crippen molar-refractivity contribution in [1.82, 2.24) is 4.90 Å². The molecule has 0 saturated carbocycles. The predicted molar refractivity (Wildman–Crippen MR) is 170 cm³/mol. The summed E-state index contributed by atoms with van der Waals surface area (Å²) >= 11 is 0. The van der Waals surface area contributed by atoms with Crippen molar-refractivity contribution in [2.24, 2.45) is 4.99 Å². The first-order valence-corrected chi connectivity index (χ1v) is 17.2. The van der Waals surface area contributed by atoms with E-state index in [-0.39, 0.29) is 58.5 Å². The third-order valence-corrected chi connectivity index (χ3v) is 9.11. The lowest BCUT2D eigenvalue weighted by Crippen LogP contribution is -2.28. The Kier molecular flexibility index (Phi) is 10.1. The molecular weight excluding hydrogens is 622 g/mol. The van der Waals surface area contributed by atoms with Gasteiger partial charge in [-0.05, 0) is 56.2 Å². The molecule has 0 spiro atoms. The van der Waals surface area contributed by atoms with Crippen molar-refractivity contribution < 1.29 is 39.9 Å². The van der Waals surface area contributed by atoms with E-state index in [0.717, 1.165) is 0 Å². The van der Waals surface area contributed by atoms with Crippen LogP contribution in [0, 0.1) is 0 Å². The smallest absolute Gasteiger partial charge is 0.300 e. The van der Waals surface area contributed by atoms with Crippen molar-refractivity contribution in [3.8, 4) is 22.5 Å². The Bertz CT molecular complexity index is 2040. The van der Waals surface area contributed by atoms with Crippen molar-refractivity contribution in [2.75, 3.05) is 32.0 Å². The number of benzene rings is 3. The van der Waals surface area contributed by atoms with Gasteiger partial charge in [0.1, 0.15) is 5.78 Å². The Morgan fingerprint density at radius 1 is 0.911 bits per heavy atom. The van der Waals surface area contributed by atoms with Gasteiger partial charge >= 0.3 is 0 Å². The number of Topliss-reactive ketones (excluding diaryl/α,β-unsaturated/α-hetero) is 1. The van der Waals surface area contributed by atoms with Crippen LogP contribution in [0.15, 0.2) is 67.7 Å². The number of anilines is 1. The first kappa shape index (κ1) is 33.8. The highest BCUT2D eigenvalue weighted by molar-refractivity contribution is 7.86. The van der Waals surface area contributed by atoms with E-state index < -0.39 is 47.3 Å². The summed E-state index contributed by atoms with van der Waals surface area (Å²) in [6.07, 6.45) is 1.18. The van der Waals surface area contributed by atoms with E-state index in [2.05, 4.69) is 10.3 Å². The minimum atomic E-state index is -5.00. The van der Waals surface area contributed by atoms with Gasteiger partial charge in [-0.1, -0.05) is 25.1 Å². The lowest BCUT2D eigenvalue weighted by Gasteiger charge is -2.23. The number of carbonyl (C=O) groups excluding carboxylic acids is 2. The molecule has 4 rings (SSSR count). The van der Waals surface area contributed by atoms with Gasteiger partial charge in [0.05, 0.1) is 11.0 Å². The lowest BCUT2D eigenvalue weighted by atomic mass is 9.90. The van der Waals surface area contributed by atoms with Crippen molar-refractivity contribution in [3.05, 3.63) is 59.5 Å². The maximum atomic E-state index is 13.8.